The van der Waals surface area contributed by atoms with Crippen molar-refractivity contribution >= 4 is 11.8 Å². The second kappa shape index (κ2) is 8.39. The van der Waals surface area contributed by atoms with E-state index in [9.17, 15) is 9.59 Å². The van der Waals surface area contributed by atoms with E-state index in [1.807, 2.05) is 42.2 Å². The van der Waals surface area contributed by atoms with Crippen molar-refractivity contribution in [3.63, 3.8) is 0 Å². The van der Waals surface area contributed by atoms with Gasteiger partial charge in [0.25, 0.3) is 0 Å². The Morgan fingerprint density at radius 2 is 1.86 bits per heavy atom. The van der Waals surface area contributed by atoms with Gasteiger partial charge in [0.1, 0.15) is 0 Å². The van der Waals surface area contributed by atoms with Crippen LogP contribution in [0.25, 0.3) is 0 Å². The molecule has 0 aromatic heterocycles. The molecular weight excluding hydrogens is 268 g/mol. The van der Waals surface area contributed by atoms with Crippen LogP contribution in [-0.4, -0.2) is 55.3 Å². The van der Waals surface area contributed by atoms with Crippen molar-refractivity contribution in [2.24, 2.45) is 5.84 Å². The Kier molecular flexibility index (Phi) is 6.84. The second-order valence-electron chi connectivity index (χ2n) is 5.09. The zero-order valence-corrected chi connectivity index (χ0v) is 12.9. The summed E-state index contributed by atoms with van der Waals surface area (Å²) in [6.45, 7) is 3.37. The average Bonchev–Trinajstić information content (AvgIpc) is 2.51. The molecule has 116 valence electrons. The molecule has 0 heterocycles. The molecule has 0 aliphatic carbocycles. The molecule has 6 nitrogen and oxygen atoms in total. The van der Waals surface area contributed by atoms with Crippen LogP contribution in [0.2, 0.25) is 0 Å². The summed E-state index contributed by atoms with van der Waals surface area (Å²) >= 11 is 0. The van der Waals surface area contributed by atoms with Crippen molar-refractivity contribution in [1.82, 2.24) is 15.2 Å². The van der Waals surface area contributed by atoms with Gasteiger partial charge < -0.3 is 4.90 Å². The standard InChI is InChI=1S/C15H24N4O2/c1-4-19(11-14(20)18(2)3)10-13(15(21)17-16)12-8-6-5-7-9-12/h5-9,13H,4,10-11,16H2,1-3H3,(H,17,21). The second-order valence-corrected chi connectivity index (χ2v) is 5.09. The lowest BCUT2D eigenvalue weighted by Gasteiger charge is -2.26. The lowest BCUT2D eigenvalue weighted by molar-refractivity contribution is -0.130. The van der Waals surface area contributed by atoms with Gasteiger partial charge in [0.2, 0.25) is 11.8 Å². The zero-order valence-electron chi connectivity index (χ0n) is 12.9. The summed E-state index contributed by atoms with van der Waals surface area (Å²) in [6.07, 6.45) is 0. The lowest BCUT2D eigenvalue weighted by Crippen LogP contribution is -2.43. The third-order valence-electron chi connectivity index (χ3n) is 3.41. The minimum atomic E-state index is -0.397. The number of carbonyl (C=O) groups is 2. The number of benzene rings is 1. The number of nitrogens with two attached hydrogens (primary N) is 1. The summed E-state index contributed by atoms with van der Waals surface area (Å²) in [5.41, 5.74) is 3.09. The molecule has 1 rings (SSSR count). The van der Waals surface area contributed by atoms with Crippen LogP contribution >= 0.6 is 0 Å². The van der Waals surface area contributed by atoms with Crippen LogP contribution in [0.5, 0.6) is 0 Å². The highest BCUT2D eigenvalue weighted by Gasteiger charge is 2.23. The molecule has 0 saturated heterocycles. The van der Waals surface area contributed by atoms with Gasteiger partial charge in [0, 0.05) is 20.6 Å². The summed E-state index contributed by atoms with van der Waals surface area (Å²) in [5.74, 6) is 4.64. The van der Waals surface area contributed by atoms with Gasteiger partial charge in [-0.15, -0.1) is 0 Å². The van der Waals surface area contributed by atoms with E-state index in [-0.39, 0.29) is 18.4 Å². The molecule has 0 radical (unpaired) electrons. The number of amides is 2. The summed E-state index contributed by atoms with van der Waals surface area (Å²) in [5, 5.41) is 0. The Morgan fingerprint density at radius 1 is 1.24 bits per heavy atom. The first-order valence-corrected chi connectivity index (χ1v) is 6.97. The van der Waals surface area contributed by atoms with Crippen molar-refractivity contribution in [2.75, 3.05) is 33.7 Å². The topological polar surface area (TPSA) is 78.7 Å². The first-order chi connectivity index (χ1) is 9.99. The van der Waals surface area contributed by atoms with Gasteiger partial charge >= 0.3 is 0 Å². The van der Waals surface area contributed by atoms with Crippen LogP contribution in [0.1, 0.15) is 18.4 Å². The first-order valence-electron chi connectivity index (χ1n) is 6.97. The molecule has 3 N–H and O–H groups in total. The van der Waals surface area contributed by atoms with Crippen LogP contribution in [-0.2, 0) is 9.59 Å². The van der Waals surface area contributed by atoms with Gasteiger partial charge in [0.15, 0.2) is 0 Å². The van der Waals surface area contributed by atoms with Crippen LogP contribution in [0, 0.1) is 0 Å². The van der Waals surface area contributed by atoms with E-state index in [1.165, 1.54) is 0 Å². The molecule has 21 heavy (non-hydrogen) atoms. The predicted molar refractivity (Wildman–Crippen MR) is 82.3 cm³/mol. The molecule has 1 aromatic rings. The zero-order chi connectivity index (χ0) is 15.8. The van der Waals surface area contributed by atoms with Crippen LogP contribution in [0.4, 0.5) is 0 Å². The number of nitrogens with zero attached hydrogens (tertiary/aromatic N) is 2. The van der Waals surface area contributed by atoms with Gasteiger partial charge in [-0.2, -0.15) is 0 Å². The Balaban J connectivity index is 2.84. The summed E-state index contributed by atoms with van der Waals surface area (Å²) in [7, 11) is 3.44. The van der Waals surface area contributed by atoms with Crippen molar-refractivity contribution in [3.05, 3.63) is 35.9 Å². The number of rotatable bonds is 7. The van der Waals surface area contributed by atoms with E-state index in [4.69, 9.17) is 5.84 Å². The number of carbonyl (C=O) groups excluding carboxylic acids is 2. The third kappa shape index (κ3) is 5.17. The Morgan fingerprint density at radius 3 is 2.33 bits per heavy atom. The van der Waals surface area contributed by atoms with Crippen LogP contribution in [0.3, 0.4) is 0 Å². The van der Waals surface area contributed by atoms with Crippen LogP contribution < -0.4 is 11.3 Å². The van der Waals surface area contributed by atoms with Crippen molar-refractivity contribution < 1.29 is 9.59 Å². The number of hydrazine groups is 1. The van der Waals surface area contributed by atoms with E-state index in [0.29, 0.717) is 13.1 Å². The Hall–Kier alpha value is -1.92. The predicted octanol–water partition coefficient (Wildman–Crippen LogP) is 0.170. The molecule has 1 atom stereocenters. The quantitative estimate of drug-likeness (QED) is 0.426. The molecule has 2 amide bonds. The monoisotopic (exact) mass is 292 g/mol. The van der Waals surface area contributed by atoms with E-state index >= 15 is 0 Å². The maximum Gasteiger partial charge on any atom is 0.242 e. The van der Waals surface area contributed by atoms with Crippen molar-refractivity contribution in [1.29, 1.82) is 0 Å². The molecule has 6 heteroatoms. The highest BCUT2D eigenvalue weighted by atomic mass is 16.2. The SMILES string of the molecule is CCN(CC(=O)N(C)C)CC(C(=O)NN)c1ccccc1. The van der Waals surface area contributed by atoms with E-state index < -0.39 is 5.92 Å². The van der Waals surface area contributed by atoms with E-state index in [1.54, 1.807) is 19.0 Å². The summed E-state index contributed by atoms with van der Waals surface area (Å²) < 4.78 is 0. The minimum absolute atomic E-state index is 0.0109. The fourth-order valence-electron chi connectivity index (χ4n) is 2.02. The molecular formula is C15H24N4O2. The summed E-state index contributed by atoms with van der Waals surface area (Å²) in [6, 6.07) is 9.44. The maximum absolute atomic E-state index is 12.0. The molecule has 0 aliphatic rings. The fourth-order valence-corrected chi connectivity index (χ4v) is 2.02. The highest BCUT2D eigenvalue weighted by Crippen LogP contribution is 2.17. The average molecular weight is 292 g/mol. The van der Waals surface area contributed by atoms with E-state index in [0.717, 1.165) is 5.56 Å². The lowest BCUT2D eigenvalue weighted by atomic mass is 9.97. The van der Waals surface area contributed by atoms with Gasteiger partial charge in [-0.25, -0.2) is 5.84 Å². The Labute approximate surface area is 125 Å². The van der Waals surface area contributed by atoms with E-state index in [2.05, 4.69) is 5.43 Å². The number of hydrogen-bond acceptors (Lipinski definition) is 4. The molecule has 0 saturated carbocycles. The molecule has 0 aliphatic heterocycles. The first kappa shape index (κ1) is 17.1. The summed E-state index contributed by atoms with van der Waals surface area (Å²) in [4.78, 5) is 27.3. The highest BCUT2D eigenvalue weighted by molar-refractivity contribution is 5.83. The smallest absolute Gasteiger partial charge is 0.242 e. The number of nitrogens with one attached hydrogen (secondary N) is 1. The normalized spacial score (nSPS) is 12.0. The van der Waals surface area contributed by atoms with Gasteiger partial charge in [-0.1, -0.05) is 37.3 Å². The van der Waals surface area contributed by atoms with Crippen molar-refractivity contribution in [3.8, 4) is 0 Å². The third-order valence-corrected chi connectivity index (χ3v) is 3.41. The molecule has 1 aromatic carbocycles. The van der Waals surface area contributed by atoms with Crippen LogP contribution in [0.15, 0.2) is 30.3 Å². The maximum atomic E-state index is 12.0. The molecule has 0 spiro atoms. The Bertz CT molecular complexity index is 462. The van der Waals surface area contributed by atoms with Crippen molar-refractivity contribution in [2.45, 2.75) is 12.8 Å². The van der Waals surface area contributed by atoms with Gasteiger partial charge in [-0.05, 0) is 12.1 Å². The molecule has 0 bridgehead atoms. The number of hydrogen-bond donors (Lipinski definition) is 2. The van der Waals surface area contributed by atoms with Gasteiger partial charge in [0.05, 0.1) is 12.5 Å². The number of likely N-dealkylation sites (N-methyl/N-ethyl adjacent to an activating group) is 2. The largest absolute Gasteiger partial charge is 0.348 e. The molecule has 0 fully saturated rings. The van der Waals surface area contributed by atoms with Gasteiger partial charge in [-0.3, -0.25) is 19.9 Å². The fraction of sp³-hybridized carbons (Fsp3) is 0.467. The molecule has 1 unspecified atom stereocenters. The minimum Gasteiger partial charge on any atom is -0.348 e.